The second kappa shape index (κ2) is 6.69. The van der Waals surface area contributed by atoms with E-state index in [1.807, 2.05) is 61.5 Å². The van der Waals surface area contributed by atoms with Gasteiger partial charge in [-0.25, -0.2) is 0 Å². The first-order valence-corrected chi connectivity index (χ1v) is 8.43. The average molecular weight is 337 g/mol. The Morgan fingerprint density at radius 1 is 1.12 bits per heavy atom. The van der Waals surface area contributed by atoms with Gasteiger partial charge in [0.25, 0.3) is 0 Å². The van der Waals surface area contributed by atoms with Crippen LogP contribution in [-0.4, -0.2) is 23.9 Å². The number of para-hydroxylation sites is 2. The summed E-state index contributed by atoms with van der Waals surface area (Å²) >= 11 is 0. The smallest absolute Gasteiger partial charge is 0.250 e. The van der Waals surface area contributed by atoms with Crippen LogP contribution in [0.5, 0.6) is 0 Å². The molecule has 1 atom stereocenters. The first-order chi connectivity index (χ1) is 11.9. The third kappa shape index (κ3) is 3.28. The van der Waals surface area contributed by atoms with Gasteiger partial charge in [-0.2, -0.15) is 0 Å². The highest BCUT2D eigenvalue weighted by molar-refractivity contribution is 6.14. The molecule has 130 valence electrons. The molecule has 0 aromatic heterocycles. The van der Waals surface area contributed by atoms with Gasteiger partial charge in [-0.1, -0.05) is 42.5 Å². The van der Waals surface area contributed by atoms with Crippen molar-refractivity contribution in [1.82, 2.24) is 5.32 Å². The van der Waals surface area contributed by atoms with E-state index in [2.05, 4.69) is 10.6 Å². The van der Waals surface area contributed by atoms with Crippen molar-refractivity contribution in [2.45, 2.75) is 32.4 Å². The number of carbonyl (C=O) groups is 2. The van der Waals surface area contributed by atoms with Gasteiger partial charge >= 0.3 is 0 Å². The van der Waals surface area contributed by atoms with Crippen LogP contribution in [0.15, 0.2) is 54.6 Å². The second-order valence-corrected chi connectivity index (χ2v) is 6.77. The quantitative estimate of drug-likeness (QED) is 0.901. The van der Waals surface area contributed by atoms with Gasteiger partial charge in [0, 0.05) is 6.04 Å². The molecule has 2 aromatic carbocycles. The molecule has 0 radical (unpaired) electrons. The molecule has 5 heteroatoms. The van der Waals surface area contributed by atoms with E-state index in [1.54, 1.807) is 18.7 Å². The molecule has 5 nitrogen and oxygen atoms in total. The van der Waals surface area contributed by atoms with Crippen molar-refractivity contribution in [2.24, 2.45) is 0 Å². The zero-order valence-electron chi connectivity index (χ0n) is 14.7. The van der Waals surface area contributed by atoms with Crippen LogP contribution in [0.1, 0.15) is 32.4 Å². The summed E-state index contributed by atoms with van der Waals surface area (Å²) in [5.74, 6) is -0.314. The zero-order chi connectivity index (χ0) is 18.0. The van der Waals surface area contributed by atoms with Crippen LogP contribution in [0.4, 0.5) is 11.4 Å². The number of fused-ring (bicyclic) bond motifs is 1. The van der Waals surface area contributed by atoms with Crippen molar-refractivity contribution >= 4 is 23.2 Å². The number of nitrogens with one attached hydrogen (secondary N) is 2. The Labute approximate surface area is 148 Å². The lowest BCUT2D eigenvalue weighted by atomic mass is 9.96. The molecule has 1 aliphatic heterocycles. The zero-order valence-corrected chi connectivity index (χ0v) is 14.7. The Morgan fingerprint density at radius 3 is 2.48 bits per heavy atom. The van der Waals surface area contributed by atoms with Crippen LogP contribution in [0, 0.1) is 0 Å². The maximum Gasteiger partial charge on any atom is 0.250 e. The van der Waals surface area contributed by atoms with Crippen LogP contribution >= 0.6 is 0 Å². The number of carbonyl (C=O) groups excluding carboxylic acids is 2. The Hall–Kier alpha value is -2.66. The van der Waals surface area contributed by atoms with Crippen LogP contribution in [0.25, 0.3) is 0 Å². The fraction of sp³-hybridized carbons (Fsp3) is 0.300. The molecular weight excluding hydrogens is 314 g/mol. The van der Waals surface area contributed by atoms with Gasteiger partial charge in [0.15, 0.2) is 0 Å². The number of nitrogens with zero attached hydrogens (tertiary/aromatic N) is 1. The highest BCUT2D eigenvalue weighted by Gasteiger charge is 2.43. The van der Waals surface area contributed by atoms with E-state index in [0.717, 1.165) is 11.3 Å². The highest BCUT2D eigenvalue weighted by atomic mass is 16.2. The minimum atomic E-state index is -0.941. The molecule has 0 aliphatic carbocycles. The van der Waals surface area contributed by atoms with Gasteiger partial charge in [0.1, 0.15) is 5.54 Å². The standard InChI is InChI=1S/C20H23N3O2/c1-14(15-9-5-4-6-10-15)21-13-18(24)23-17-12-8-7-11-16(17)22-19(25)20(23,2)3/h4-12,14,21H,13H2,1-3H3,(H,22,25)/t14-/m0/s1. The number of amides is 2. The van der Waals surface area contributed by atoms with Crippen molar-refractivity contribution < 1.29 is 9.59 Å². The van der Waals surface area contributed by atoms with Crippen molar-refractivity contribution in [1.29, 1.82) is 0 Å². The molecule has 0 bridgehead atoms. The monoisotopic (exact) mass is 337 g/mol. The first-order valence-electron chi connectivity index (χ1n) is 8.43. The number of hydrogen-bond acceptors (Lipinski definition) is 3. The molecule has 1 aliphatic rings. The number of hydrogen-bond donors (Lipinski definition) is 2. The van der Waals surface area contributed by atoms with E-state index in [0.29, 0.717) is 5.69 Å². The molecule has 0 unspecified atom stereocenters. The molecule has 0 saturated heterocycles. The fourth-order valence-electron chi connectivity index (χ4n) is 3.08. The maximum absolute atomic E-state index is 12.9. The summed E-state index contributed by atoms with van der Waals surface area (Å²) in [4.78, 5) is 27.0. The molecule has 0 spiro atoms. The molecule has 3 rings (SSSR count). The molecule has 0 saturated carbocycles. The Morgan fingerprint density at radius 2 is 1.76 bits per heavy atom. The molecule has 25 heavy (non-hydrogen) atoms. The van der Waals surface area contributed by atoms with Gasteiger partial charge in [-0.15, -0.1) is 0 Å². The summed E-state index contributed by atoms with van der Waals surface area (Å²) in [7, 11) is 0. The summed E-state index contributed by atoms with van der Waals surface area (Å²) in [6.07, 6.45) is 0. The van der Waals surface area contributed by atoms with Crippen LogP contribution in [0.3, 0.4) is 0 Å². The van der Waals surface area contributed by atoms with Crippen molar-refractivity contribution in [2.75, 3.05) is 16.8 Å². The van der Waals surface area contributed by atoms with E-state index in [-0.39, 0.29) is 24.4 Å². The van der Waals surface area contributed by atoms with E-state index >= 15 is 0 Å². The number of benzene rings is 2. The summed E-state index contributed by atoms with van der Waals surface area (Å²) in [6.45, 7) is 5.69. The minimum Gasteiger partial charge on any atom is -0.322 e. The Kier molecular flexibility index (Phi) is 4.59. The molecule has 2 N–H and O–H groups in total. The van der Waals surface area contributed by atoms with Gasteiger partial charge < -0.3 is 10.6 Å². The summed E-state index contributed by atoms with van der Waals surface area (Å²) in [5.41, 5.74) is 1.57. The van der Waals surface area contributed by atoms with Gasteiger partial charge in [-0.3, -0.25) is 14.5 Å². The summed E-state index contributed by atoms with van der Waals surface area (Å²) in [5, 5.41) is 6.13. The van der Waals surface area contributed by atoms with Crippen LogP contribution in [0.2, 0.25) is 0 Å². The van der Waals surface area contributed by atoms with Crippen molar-refractivity contribution in [3.8, 4) is 0 Å². The molecule has 2 amide bonds. The lowest BCUT2D eigenvalue weighted by molar-refractivity contribution is -0.126. The molecular formula is C20H23N3O2. The highest BCUT2D eigenvalue weighted by Crippen LogP contribution is 2.36. The van der Waals surface area contributed by atoms with E-state index < -0.39 is 5.54 Å². The molecule has 2 aromatic rings. The predicted octanol–water partition coefficient (Wildman–Crippen LogP) is 3.10. The third-order valence-electron chi connectivity index (χ3n) is 4.62. The van der Waals surface area contributed by atoms with Crippen molar-refractivity contribution in [3.05, 3.63) is 60.2 Å². The second-order valence-electron chi connectivity index (χ2n) is 6.77. The Bertz CT molecular complexity index is 787. The Balaban J connectivity index is 1.79. The first kappa shape index (κ1) is 17.2. The van der Waals surface area contributed by atoms with Crippen LogP contribution in [-0.2, 0) is 9.59 Å². The third-order valence-corrected chi connectivity index (χ3v) is 4.62. The molecule has 1 heterocycles. The molecule has 0 fully saturated rings. The van der Waals surface area contributed by atoms with Gasteiger partial charge in [0.2, 0.25) is 11.8 Å². The van der Waals surface area contributed by atoms with E-state index in [1.165, 1.54) is 0 Å². The number of rotatable bonds is 4. The van der Waals surface area contributed by atoms with Gasteiger partial charge in [0.05, 0.1) is 17.9 Å². The average Bonchev–Trinajstić information content (AvgIpc) is 2.61. The lowest BCUT2D eigenvalue weighted by Crippen LogP contribution is -2.60. The number of anilines is 2. The van der Waals surface area contributed by atoms with Gasteiger partial charge in [-0.05, 0) is 38.5 Å². The topological polar surface area (TPSA) is 61.4 Å². The maximum atomic E-state index is 12.9. The largest absolute Gasteiger partial charge is 0.322 e. The summed E-state index contributed by atoms with van der Waals surface area (Å²) in [6, 6.07) is 17.4. The van der Waals surface area contributed by atoms with Crippen LogP contribution < -0.4 is 15.5 Å². The van der Waals surface area contributed by atoms with Crippen molar-refractivity contribution in [3.63, 3.8) is 0 Å². The lowest BCUT2D eigenvalue weighted by Gasteiger charge is -2.42. The summed E-state index contributed by atoms with van der Waals surface area (Å²) < 4.78 is 0. The van der Waals surface area contributed by atoms with E-state index in [4.69, 9.17) is 0 Å². The fourth-order valence-corrected chi connectivity index (χ4v) is 3.08. The normalized spacial score (nSPS) is 16.8. The SMILES string of the molecule is C[C@H](NCC(=O)N1c2ccccc2NC(=O)C1(C)C)c1ccccc1. The minimum absolute atomic E-state index is 0.0436. The predicted molar refractivity (Wildman–Crippen MR) is 99.5 cm³/mol. The van der Waals surface area contributed by atoms with E-state index in [9.17, 15) is 9.59 Å².